The molecule has 2 aromatic rings. The van der Waals surface area contributed by atoms with Gasteiger partial charge >= 0.3 is 0 Å². The lowest BCUT2D eigenvalue weighted by Crippen LogP contribution is -2.34. The molecule has 0 aliphatic rings. The molecule has 0 heterocycles. The van der Waals surface area contributed by atoms with E-state index >= 15 is 0 Å². The molecule has 92 valence electrons. The molecule has 0 aromatic heterocycles. The Hall–Kier alpha value is -2.36. The number of amides is 1. The number of hydrogen-bond acceptors (Lipinski definition) is 2. The van der Waals surface area contributed by atoms with E-state index in [1.807, 2.05) is 30.3 Å². The van der Waals surface area contributed by atoms with Gasteiger partial charge in [-0.3, -0.25) is 10.2 Å². The van der Waals surface area contributed by atoms with Crippen LogP contribution in [0.15, 0.2) is 54.6 Å². The van der Waals surface area contributed by atoms with Gasteiger partial charge in [0.05, 0.1) is 11.4 Å². The molecular weight excluding hydrogens is 231 g/mol. The molecule has 2 aromatic carbocycles. The number of halogens is 1. The van der Waals surface area contributed by atoms with Crippen LogP contribution in [-0.4, -0.2) is 5.91 Å². The van der Waals surface area contributed by atoms with Gasteiger partial charge in [0, 0.05) is 6.92 Å². The van der Waals surface area contributed by atoms with Crippen LogP contribution in [0.1, 0.15) is 6.92 Å². The van der Waals surface area contributed by atoms with Crippen LogP contribution < -0.4 is 10.4 Å². The van der Waals surface area contributed by atoms with Crippen molar-refractivity contribution < 1.29 is 9.18 Å². The van der Waals surface area contributed by atoms with Crippen molar-refractivity contribution in [3.05, 3.63) is 60.4 Å². The Morgan fingerprint density at radius 3 is 2.22 bits per heavy atom. The number of hydrogen-bond donors (Lipinski definition) is 1. The highest BCUT2D eigenvalue weighted by atomic mass is 19.1. The molecule has 0 fully saturated rings. The minimum absolute atomic E-state index is 0.175. The topological polar surface area (TPSA) is 32.3 Å². The number of carbonyl (C=O) groups is 1. The quantitative estimate of drug-likeness (QED) is 0.841. The van der Waals surface area contributed by atoms with E-state index in [9.17, 15) is 9.18 Å². The molecule has 0 spiro atoms. The maximum absolute atomic E-state index is 12.9. The highest BCUT2D eigenvalue weighted by Gasteiger charge is 2.11. The highest BCUT2D eigenvalue weighted by molar-refractivity contribution is 5.93. The Balaban J connectivity index is 2.24. The minimum Gasteiger partial charge on any atom is -0.291 e. The van der Waals surface area contributed by atoms with Crippen LogP contribution >= 0.6 is 0 Å². The van der Waals surface area contributed by atoms with Crippen LogP contribution in [-0.2, 0) is 4.79 Å². The van der Waals surface area contributed by atoms with E-state index in [-0.39, 0.29) is 11.7 Å². The smallest absolute Gasteiger partial charge is 0.242 e. The summed E-state index contributed by atoms with van der Waals surface area (Å²) in [5.74, 6) is -0.507. The maximum atomic E-state index is 12.9. The summed E-state index contributed by atoms with van der Waals surface area (Å²) >= 11 is 0. The van der Waals surface area contributed by atoms with Crippen LogP contribution in [0.5, 0.6) is 0 Å². The lowest BCUT2D eigenvalue weighted by atomic mass is 10.3. The predicted molar refractivity (Wildman–Crippen MR) is 69.6 cm³/mol. The van der Waals surface area contributed by atoms with Crippen LogP contribution in [0, 0.1) is 5.82 Å². The summed E-state index contributed by atoms with van der Waals surface area (Å²) in [5, 5.41) is 1.37. The zero-order valence-electron chi connectivity index (χ0n) is 9.93. The second kappa shape index (κ2) is 5.31. The molecule has 0 bridgehead atoms. The molecule has 0 aliphatic carbocycles. The first kappa shape index (κ1) is 12.1. The first-order valence-corrected chi connectivity index (χ1v) is 5.55. The molecule has 4 heteroatoms. The number of nitrogens with one attached hydrogen (secondary N) is 1. The van der Waals surface area contributed by atoms with Crippen LogP contribution in [0.2, 0.25) is 0 Å². The summed E-state index contributed by atoms with van der Waals surface area (Å²) in [6, 6.07) is 15.0. The average Bonchev–Trinajstić information content (AvgIpc) is 2.38. The van der Waals surface area contributed by atoms with E-state index in [1.165, 1.54) is 24.1 Å². The van der Waals surface area contributed by atoms with Gasteiger partial charge in [-0.1, -0.05) is 18.2 Å². The molecule has 0 saturated heterocycles. The largest absolute Gasteiger partial charge is 0.291 e. The fraction of sp³-hybridized carbons (Fsp3) is 0.0714. The van der Waals surface area contributed by atoms with E-state index < -0.39 is 0 Å². The fourth-order valence-corrected chi connectivity index (χ4v) is 1.56. The average molecular weight is 244 g/mol. The summed E-state index contributed by atoms with van der Waals surface area (Å²) in [6.45, 7) is 1.44. The predicted octanol–water partition coefficient (Wildman–Crippen LogP) is 3.21. The molecule has 0 unspecified atom stereocenters. The second-order valence-corrected chi connectivity index (χ2v) is 3.81. The van der Waals surface area contributed by atoms with Crippen molar-refractivity contribution in [3.63, 3.8) is 0 Å². The van der Waals surface area contributed by atoms with Crippen LogP contribution in [0.25, 0.3) is 0 Å². The molecule has 18 heavy (non-hydrogen) atoms. The fourth-order valence-electron chi connectivity index (χ4n) is 1.56. The van der Waals surface area contributed by atoms with Crippen molar-refractivity contribution in [1.82, 2.24) is 0 Å². The maximum Gasteiger partial charge on any atom is 0.242 e. The van der Waals surface area contributed by atoms with Gasteiger partial charge in [0.1, 0.15) is 5.82 Å². The lowest BCUT2D eigenvalue weighted by Gasteiger charge is -2.23. The zero-order valence-corrected chi connectivity index (χ0v) is 9.93. The van der Waals surface area contributed by atoms with Gasteiger partial charge in [0.2, 0.25) is 5.91 Å². The van der Waals surface area contributed by atoms with Gasteiger partial charge < -0.3 is 0 Å². The SMILES string of the molecule is CC(=O)N(Nc1ccccc1)c1ccc(F)cc1. The molecule has 1 amide bonds. The molecule has 0 radical (unpaired) electrons. The van der Waals surface area contributed by atoms with Crippen LogP contribution in [0.3, 0.4) is 0 Å². The molecule has 3 nitrogen and oxygen atoms in total. The molecule has 0 saturated carbocycles. The van der Waals surface area contributed by atoms with Crippen molar-refractivity contribution in [2.24, 2.45) is 0 Å². The van der Waals surface area contributed by atoms with E-state index in [1.54, 1.807) is 12.1 Å². The third-order valence-corrected chi connectivity index (χ3v) is 2.41. The van der Waals surface area contributed by atoms with Gasteiger partial charge in [-0.05, 0) is 36.4 Å². The monoisotopic (exact) mass is 244 g/mol. The Kier molecular flexibility index (Phi) is 3.57. The summed E-state index contributed by atoms with van der Waals surface area (Å²) in [7, 11) is 0. The molecular formula is C14H13FN2O. The molecule has 1 N–H and O–H groups in total. The second-order valence-electron chi connectivity index (χ2n) is 3.81. The number of para-hydroxylation sites is 1. The molecule has 0 aliphatic heterocycles. The van der Waals surface area contributed by atoms with Crippen molar-refractivity contribution in [2.45, 2.75) is 6.92 Å². The number of hydrazine groups is 1. The summed E-state index contributed by atoms with van der Waals surface area (Å²) < 4.78 is 12.9. The van der Waals surface area contributed by atoms with Crippen LogP contribution in [0.4, 0.5) is 15.8 Å². The Morgan fingerprint density at radius 2 is 1.67 bits per heavy atom. The van der Waals surface area contributed by atoms with E-state index in [2.05, 4.69) is 5.43 Å². The first-order chi connectivity index (χ1) is 8.66. The van der Waals surface area contributed by atoms with Gasteiger partial charge in [0.15, 0.2) is 0 Å². The first-order valence-electron chi connectivity index (χ1n) is 5.55. The van der Waals surface area contributed by atoms with Gasteiger partial charge in [-0.25, -0.2) is 9.40 Å². The standard InChI is InChI=1S/C14H13FN2O/c1-11(18)17(14-9-7-12(15)8-10-14)16-13-5-3-2-4-6-13/h2-10,16H,1H3. The number of benzene rings is 2. The summed E-state index contributed by atoms with van der Waals surface area (Å²) in [4.78, 5) is 11.6. The summed E-state index contributed by atoms with van der Waals surface area (Å²) in [6.07, 6.45) is 0. The van der Waals surface area contributed by atoms with E-state index in [0.717, 1.165) is 5.69 Å². The number of nitrogens with zero attached hydrogens (tertiary/aromatic N) is 1. The van der Waals surface area contributed by atoms with Gasteiger partial charge in [-0.2, -0.15) is 0 Å². The summed E-state index contributed by atoms with van der Waals surface area (Å²) in [5.41, 5.74) is 4.35. The van der Waals surface area contributed by atoms with Gasteiger partial charge in [-0.15, -0.1) is 0 Å². The van der Waals surface area contributed by atoms with Gasteiger partial charge in [0.25, 0.3) is 0 Å². The third kappa shape index (κ3) is 2.85. The normalized spacial score (nSPS) is 9.89. The van der Waals surface area contributed by atoms with Crippen molar-refractivity contribution in [2.75, 3.05) is 10.4 Å². The van der Waals surface area contributed by atoms with E-state index in [4.69, 9.17) is 0 Å². The van der Waals surface area contributed by atoms with Crippen molar-refractivity contribution in [3.8, 4) is 0 Å². The van der Waals surface area contributed by atoms with Crippen molar-refractivity contribution >= 4 is 17.3 Å². The molecule has 0 atom stereocenters. The van der Waals surface area contributed by atoms with E-state index in [0.29, 0.717) is 5.69 Å². The molecule has 2 rings (SSSR count). The number of anilines is 2. The number of rotatable bonds is 3. The number of carbonyl (C=O) groups excluding carboxylic acids is 1. The lowest BCUT2D eigenvalue weighted by molar-refractivity contribution is -0.116. The third-order valence-electron chi connectivity index (χ3n) is 2.41. The Labute approximate surface area is 105 Å². The zero-order chi connectivity index (χ0) is 13.0. The highest BCUT2D eigenvalue weighted by Crippen LogP contribution is 2.17. The Morgan fingerprint density at radius 1 is 1.06 bits per heavy atom. The van der Waals surface area contributed by atoms with Crippen molar-refractivity contribution in [1.29, 1.82) is 0 Å². The minimum atomic E-state index is -0.332. The Bertz CT molecular complexity index is 525.